The van der Waals surface area contributed by atoms with Gasteiger partial charge in [0.05, 0.1) is 5.69 Å². The molecule has 0 aliphatic heterocycles. The largest absolute Gasteiger partial charge is 0.299 e. The van der Waals surface area contributed by atoms with Crippen LogP contribution in [0, 0.1) is 0 Å². The van der Waals surface area contributed by atoms with Gasteiger partial charge in [0.25, 0.3) is 0 Å². The predicted octanol–water partition coefficient (Wildman–Crippen LogP) is 4.33. The molecular weight excluding hydrogens is 248 g/mol. The number of carbonyl (C=O) groups excluding carboxylic acids is 1. The van der Waals surface area contributed by atoms with Crippen molar-refractivity contribution < 1.29 is 4.79 Å². The first kappa shape index (κ1) is 16.9. The van der Waals surface area contributed by atoms with Crippen molar-refractivity contribution >= 4 is 5.78 Å². The van der Waals surface area contributed by atoms with Crippen LogP contribution in [0.2, 0.25) is 0 Å². The molecule has 0 fully saturated rings. The van der Waals surface area contributed by atoms with E-state index >= 15 is 0 Å². The van der Waals surface area contributed by atoms with Crippen LogP contribution in [0.25, 0.3) is 0 Å². The van der Waals surface area contributed by atoms with Crippen LogP contribution in [0.15, 0.2) is 6.07 Å². The van der Waals surface area contributed by atoms with Crippen LogP contribution in [0.3, 0.4) is 0 Å². The van der Waals surface area contributed by atoms with Crippen LogP contribution in [-0.4, -0.2) is 15.6 Å². The second-order valence-electron chi connectivity index (χ2n) is 5.53. The third-order valence-corrected chi connectivity index (χ3v) is 3.76. The number of Topliss-reactive ketones (excluding diaryl/α,β-unsaturated/α-hetero) is 1. The van der Waals surface area contributed by atoms with Gasteiger partial charge in [-0.15, -0.1) is 0 Å². The predicted molar refractivity (Wildman–Crippen MR) is 84.0 cm³/mol. The Bertz CT molecular complexity index is 396. The molecule has 0 spiro atoms. The minimum absolute atomic E-state index is 0.359. The molecule has 1 heterocycles. The topological polar surface area (TPSA) is 34.9 Å². The van der Waals surface area contributed by atoms with E-state index in [9.17, 15) is 4.79 Å². The van der Waals surface area contributed by atoms with Gasteiger partial charge in [0.15, 0.2) is 0 Å². The van der Waals surface area contributed by atoms with Crippen molar-refractivity contribution in [2.75, 3.05) is 0 Å². The Morgan fingerprint density at radius 2 is 1.80 bits per heavy atom. The maximum Gasteiger partial charge on any atom is 0.138 e. The highest BCUT2D eigenvalue weighted by atomic mass is 16.1. The van der Waals surface area contributed by atoms with Crippen LogP contribution in [0.1, 0.15) is 77.1 Å². The lowest BCUT2D eigenvalue weighted by Crippen LogP contribution is -2.09. The molecular formula is C17H30N2O. The molecule has 0 amide bonds. The summed E-state index contributed by atoms with van der Waals surface area (Å²) in [5.74, 6) is 0.359. The monoisotopic (exact) mass is 278 g/mol. The third kappa shape index (κ3) is 5.89. The van der Waals surface area contributed by atoms with Gasteiger partial charge in [-0.3, -0.25) is 9.48 Å². The maximum absolute atomic E-state index is 12.0. The molecule has 0 bridgehead atoms. The van der Waals surface area contributed by atoms with Gasteiger partial charge >= 0.3 is 0 Å². The second-order valence-corrected chi connectivity index (χ2v) is 5.53. The van der Waals surface area contributed by atoms with Crippen LogP contribution in [-0.2, 0) is 24.2 Å². The molecule has 0 aromatic carbocycles. The first-order valence-electron chi connectivity index (χ1n) is 8.28. The van der Waals surface area contributed by atoms with E-state index in [2.05, 4.69) is 31.9 Å². The van der Waals surface area contributed by atoms with E-state index in [0.717, 1.165) is 37.2 Å². The normalized spacial score (nSPS) is 10.9. The van der Waals surface area contributed by atoms with E-state index < -0.39 is 0 Å². The Morgan fingerprint density at radius 1 is 1.10 bits per heavy atom. The van der Waals surface area contributed by atoms with Crippen molar-refractivity contribution in [3.8, 4) is 0 Å². The molecule has 1 aromatic heterocycles. The lowest BCUT2D eigenvalue weighted by Gasteiger charge is -2.04. The van der Waals surface area contributed by atoms with Crippen molar-refractivity contribution in [2.24, 2.45) is 0 Å². The van der Waals surface area contributed by atoms with Gasteiger partial charge in [0.1, 0.15) is 5.78 Å². The standard InChI is InChI=1S/C17H30N2O/c1-4-7-8-9-10-11-12-17(20)14-16-13-15(5-2)18-19(16)6-3/h13H,4-12,14H2,1-3H3. The molecule has 20 heavy (non-hydrogen) atoms. The number of carbonyl (C=O) groups is 1. The van der Waals surface area contributed by atoms with Gasteiger partial charge in [-0.25, -0.2) is 0 Å². The Hall–Kier alpha value is -1.12. The van der Waals surface area contributed by atoms with Crippen LogP contribution < -0.4 is 0 Å². The fraction of sp³-hybridized carbons (Fsp3) is 0.765. The number of nitrogens with zero attached hydrogens (tertiary/aromatic N) is 2. The average Bonchev–Trinajstić information content (AvgIpc) is 2.84. The number of aromatic nitrogens is 2. The van der Waals surface area contributed by atoms with E-state index in [-0.39, 0.29) is 0 Å². The first-order chi connectivity index (χ1) is 9.71. The molecule has 0 saturated heterocycles. The molecule has 0 saturated carbocycles. The molecule has 0 atom stereocenters. The lowest BCUT2D eigenvalue weighted by molar-refractivity contribution is -0.118. The van der Waals surface area contributed by atoms with E-state index in [4.69, 9.17) is 0 Å². The van der Waals surface area contributed by atoms with Crippen LogP contribution in [0.4, 0.5) is 0 Å². The fourth-order valence-corrected chi connectivity index (χ4v) is 2.50. The van der Waals surface area contributed by atoms with E-state index in [1.54, 1.807) is 0 Å². The molecule has 0 unspecified atom stereocenters. The number of aryl methyl sites for hydroxylation is 2. The van der Waals surface area contributed by atoms with Crippen molar-refractivity contribution in [3.05, 3.63) is 17.5 Å². The summed E-state index contributed by atoms with van der Waals surface area (Å²) in [6.45, 7) is 7.25. The van der Waals surface area contributed by atoms with Crippen LogP contribution in [0.5, 0.6) is 0 Å². The summed E-state index contributed by atoms with van der Waals surface area (Å²) in [7, 11) is 0. The minimum atomic E-state index is 0.359. The van der Waals surface area contributed by atoms with Crippen molar-refractivity contribution in [3.63, 3.8) is 0 Å². The Labute approximate surface area is 123 Å². The molecule has 0 aliphatic rings. The summed E-state index contributed by atoms with van der Waals surface area (Å²) in [6, 6.07) is 2.09. The maximum atomic E-state index is 12.0. The van der Waals surface area contributed by atoms with Crippen molar-refractivity contribution in [1.82, 2.24) is 9.78 Å². The van der Waals surface area contributed by atoms with Gasteiger partial charge in [-0.1, -0.05) is 46.0 Å². The summed E-state index contributed by atoms with van der Waals surface area (Å²) in [5, 5.41) is 4.49. The van der Waals surface area contributed by atoms with Crippen LogP contribution >= 0.6 is 0 Å². The number of hydrogen-bond acceptors (Lipinski definition) is 2. The quantitative estimate of drug-likeness (QED) is 0.565. The highest BCUT2D eigenvalue weighted by Gasteiger charge is 2.10. The highest BCUT2D eigenvalue weighted by molar-refractivity contribution is 5.80. The smallest absolute Gasteiger partial charge is 0.138 e. The molecule has 0 aliphatic carbocycles. The SMILES string of the molecule is CCCCCCCCC(=O)Cc1cc(CC)nn1CC. The molecule has 0 N–H and O–H groups in total. The number of ketones is 1. The molecule has 3 heteroatoms. The Kier molecular flexibility index (Phi) is 8.24. The Balaban J connectivity index is 2.29. The molecule has 3 nitrogen and oxygen atoms in total. The zero-order valence-electron chi connectivity index (χ0n) is 13.5. The molecule has 114 valence electrons. The fourth-order valence-electron chi connectivity index (χ4n) is 2.50. The second kappa shape index (κ2) is 9.73. The van der Waals surface area contributed by atoms with E-state index in [1.165, 1.54) is 32.1 Å². The molecule has 0 radical (unpaired) electrons. The first-order valence-corrected chi connectivity index (χ1v) is 8.28. The van der Waals surface area contributed by atoms with Crippen molar-refractivity contribution in [2.45, 2.75) is 85.1 Å². The summed E-state index contributed by atoms with van der Waals surface area (Å²) in [5.41, 5.74) is 2.18. The summed E-state index contributed by atoms with van der Waals surface area (Å²) < 4.78 is 1.97. The molecule has 1 rings (SSSR count). The molecule has 1 aromatic rings. The Morgan fingerprint density at radius 3 is 2.45 bits per heavy atom. The highest BCUT2D eigenvalue weighted by Crippen LogP contribution is 2.11. The van der Waals surface area contributed by atoms with Crippen molar-refractivity contribution in [1.29, 1.82) is 0 Å². The summed E-state index contributed by atoms with van der Waals surface area (Å²) in [6.07, 6.45) is 9.64. The summed E-state index contributed by atoms with van der Waals surface area (Å²) in [4.78, 5) is 12.0. The summed E-state index contributed by atoms with van der Waals surface area (Å²) >= 11 is 0. The zero-order chi connectivity index (χ0) is 14.8. The van der Waals surface area contributed by atoms with Gasteiger partial charge in [-0.2, -0.15) is 5.10 Å². The number of rotatable bonds is 11. The van der Waals surface area contributed by atoms with Gasteiger partial charge in [0.2, 0.25) is 0 Å². The number of hydrogen-bond donors (Lipinski definition) is 0. The van der Waals surface area contributed by atoms with E-state index in [1.807, 2.05) is 4.68 Å². The number of unbranched alkanes of at least 4 members (excludes halogenated alkanes) is 5. The lowest BCUT2D eigenvalue weighted by atomic mass is 10.1. The minimum Gasteiger partial charge on any atom is -0.299 e. The third-order valence-electron chi connectivity index (χ3n) is 3.76. The van der Waals surface area contributed by atoms with E-state index in [0.29, 0.717) is 12.2 Å². The average molecular weight is 278 g/mol. The van der Waals surface area contributed by atoms with Gasteiger partial charge in [-0.05, 0) is 25.8 Å². The van der Waals surface area contributed by atoms with Gasteiger partial charge in [0, 0.05) is 25.1 Å². The zero-order valence-corrected chi connectivity index (χ0v) is 13.5. The van der Waals surface area contributed by atoms with Gasteiger partial charge < -0.3 is 0 Å².